The van der Waals surface area contributed by atoms with Gasteiger partial charge in [0.15, 0.2) is 11.5 Å². The van der Waals surface area contributed by atoms with E-state index in [0.29, 0.717) is 6.42 Å². The number of aliphatic hydroxyl groups excluding tert-OH is 2. The molecule has 0 spiro atoms. The summed E-state index contributed by atoms with van der Waals surface area (Å²) in [6.45, 7) is 4.00. The lowest BCUT2D eigenvalue weighted by atomic mass is 10.1. The minimum atomic E-state index is -0.0451. The fourth-order valence-corrected chi connectivity index (χ4v) is 0.549. The van der Waals surface area contributed by atoms with Crippen molar-refractivity contribution in [2.45, 2.75) is 20.3 Å². The molecule has 0 saturated carbocycles. The van der Waals surface area contributed by atoms with Crippen LogP contribution in [0.25, 0.3) is 0 Å². The maximum absolute atomic E-state index is 8.70. The molecule has 0 unspecified atom stereocenters. The predicted molar refractivity (Wildman–Crippen MR) is 41.7 cm³/mol. The maximum atomic E-state index is 8.70. The minimum Gasteiger partial charge on any atom is -0.504 e. The smallest absolute Gasteiger partial charge is 0.153 e. The first-order valence-electron chi connectivity index (χ1n) is 3.42. The molecule has 2 nitrogen and oxygen atoms in total. The van der Waals surface area contributed by atoms with E-state index in [1.165, 1.54) is 6.08 Å². The molecular formula is C8H13O2. The minimum absolute atomic E-state index is 0.0208. The molecule has 0 amide bonds. The Hall–Kier alpha value is -0.920. The van der Waals surface area contributed by atoms with Crippen molar-refractivity contribution in [2.75, 3.05) is 0 Å². The molecular weight excluding hydrogens is 128 g/mol. The topological polar surface area (TPSA) is 40.5 Å². The Morgan fingerprint density at radius 1 is 1.20 bits per heavy atom. The number of hydrogen-bond donors (Lipinski definition) is 2. The summed E-state index contributed by atoms with van der Waals surface area (Å²) >= 11 is 0. The normalized spacial score (nSPS) is 16.2. The summed E-state index contributed by atoms with van der Waals surface area (Å²) in [7, 11) is 0. The molecule has 2 N–H and O–H groups in total. The first-order chi connectivity index (χ1) is 4.80. The Balaban J connectivity index is 0.000000371. The highest BCUT2D eigenvalue weighted by molar-refractivity contribution is 5.25. The average Bonchev–Trinajstić information content (AvgIpc) is 2.00. The second-order valence-corrected chi connectivity index (χ2v) is 1.61. The SMILES string of the molecule is CC.OC1=C[CH]CC=C1O. The third-order valence-corrected chi connectivity index (χ3v) is 0.985. The molecule has 1 aliphatic carbocycles. The van der Waals surface area contributed by atoms with Crippen molar-refractivity contribution in [2.24, 2.45) is 0 Å². The second kappa shape index (κ2) is 4.91. The van der Waals surface area contributed by atoms with Crippen molar-refractivity contribution >= 4 is 0 Å². The predicted octanol–water partition coefficient (Wildman–Crippen LogP) is 2.50. The Labute approximate surface area is 61.5 Å². The van der Waals surface area contributed by atoms with Gasteiger partial charge in [-0.15, -0.1) is 0 Å². The molecule has 0 aromatic heterocycles. The lowest BCUT2D eigenvalue weighted by Crippen LogP contribution is -1.91. The Morgan fingerprint density at radius 2 is 1.80 bits per heavy atom. The van der Waals surface area contributed by atoms with Gasteiger partial charge in [-0.25, -0.2) is 0 Å². The molecule has 0 fully saturated rings. The maximum Gasteiger partial charge on any atom is 0.153 e. The van der Waals surface area contributed by atoms with Crippen molar-refractivity contribution in [1.29, 1.82) is 0 Å². The van der Waals surface area contributed by atoms with Gasteiger partial charge < -0.3 is 10.2 Å². The van der Waals surface area contributed by atoms with E-state index in [1.54, 1.807) is 12.5 Å². The van der Waals surface area contributed by atoms with Crippen LogP contribution in [0.15, 0.2) is 23.7 Å². The Kier molecular flexibility index (Phi) is 4.46. The Morgan fingerprint density at radius 3 is 2.10 bits per heavy atom. The monoisotopic (exact) mass is 141 g/mol. The summed E-state index contributed by atoms with van der Waals surface area (Å²) < 4.78 is 0. The van der Waals surface area contributed by atoms with Gasteiger partial charge in [0.1, 0.15) is 0 Å². The van der Waals surface area contributed by atoms with E-state index in [2.05, 4.69) is 0 Å². The van der Waals surface area contributed by atoms with Crippen molar-refractivity contribution in [3.05, 3.63) is 30.1 Å². The molecule has 1 rings (SSSR count). The van der Waals surface area contributed by atoms with Crippen LogP contribution in [0.2, 0.25) is 0 Å². The van der Waals surface area contributed by atoms with Gasteiger partial charge in [-0.05, 0) is 25.0 Å². The molecule has 0 atom stereocenters. The van der Waals surface area contributed by atoms with Crippen LogP contribution in [0.3, 0.4) is 0 Å². The largest absolute Gasteiger partial charge is 0.504 e. The van der Waals surface area contributed by atoms with E-state index >= 15 is 0 Å². The van der Waals surface area contributed by atoms with Gasteiger partial charge in [-0.2, -0.15) is 0 Å². The van der Waals surface area contributed by atoms with Crippen LogP contribution in [-0.2, 0) is 0 Å². The van der Waals surface area contributed by atoms with Gasteiger partial charge in [0.25, 0.3) is 0 Å². The number of allylic oxidation sites excluding steroid dienone is 2. The number of hydrogen-bond acceptors (Lipinski definition) is 2. The van der Waals surface area contributed by atoms with Gasteiger partial charge in [0.2, 0.25) is 0 Å². The van der Waals surface area contributed by atoms with E-state index < -0.39 is 0 Å². The fourth-order valence-electron chi connectivity index (χ4n) is 0.549. The summed E-state index contributed by atoms with van der Waals surface area (Å²) in [5, 5.41) is 17.4. The third-order valence-electron chi connectivity index (χ3n) is 0.985. The summed E-state index contributed by atoms with van der Waals surface area (Å²) in [6.07, 6.45) is 5.51. The highest BCUT2D eigenvalue weighted by Crippen LogP contribution is 2.11. The Bertz CT molecular complexity index is 127. The van der Waals surface area contributed by atoms with Crippen LogP contribution in [0.4, 0.5) is 0 Å². The zero-order chi connectivity index (χ0) is 7.98. The zero-order valence-electron chi connectivity index (χ0n) is 6.33. The van der Waals surface area contributed by atoms with Gasteiger partial charge in [-0.3, -0.25) is 0 Å². The van der Waals surface area contributed by atoms with Crippen LogP contribution < -0.4 is 0 Å². The van der Waals surface area contributed by atoms with Crippen LogP contribution in [0.5, 0.6) is 0 Å². The summed E-state index contributed by atoms with van der Waals surface area (Å²) in [5.74, 6) is -0.0660. The zero-order valence-corrected chi connectivity index (χ0v) is 6.33. The van der Waals surface area contributed by atoms with Crippen molar-refractivity contribution in [3.8, 4) is 0 Å². The lowest BCUT2D eigenvalue weighted by Gasteiger charge is -2.02. The molecule has 0 aliphatic heterocycles. The van der Waals surface area contributed by atoms with E-state index in [0.717, 1.165) is 0 Å². The van der Waals surface area contributed by atoms with Crippen LogP contribution in [-0.4, -0.2) is 10.2 Å². The van der Waals surface area contributed by atoms with E-state index in [-0.39, 0.29) is 11.5 Å². The molecule has 0 aromatic rings. The van der Waals surface area contributed by atoms with Gasteiger partial charge in [-0.1, -0.05) is 13.8 Å². The van der Waals surface area contributed by atoms with Gasteiger partial charge in [0.05, 0.1) is 0 Å². The number of rotatable bonds is 0. The molecule has 0 aromatic carbocycles. The molecule has 0 bridgehead atoms. The van der Waals surface area contributed by atoms with Crippen molar-refractivity contribution in [1.82, 2.24) is 0 Å². The lowest BCUT2D eigenvalue weighted by molar-refractivity contribution is 0.322. The fraction of sp³-hybridized carbons (Fsp3) is 0.375. The van der Waals surface area contributed by atoms with E-state index in [9.17, 15) is 0 Å². The summed E-state index contributed by atoms with van der Waals surface area (Å²) in [6, 6.07) is 0. The van der Waals surface area contributed by atoms with Crippen molar-refractivity contribution in [3.63, 3.8) is 0 Å². The van der Waals surface area contributed by atoms with Crippen LogP contribution in [0, 0.1) is 6.42 Å². The van der Waals surface area contributed by atoms with Gasteiger partial charge >= 0.3 is 0 Å². The molecule has 0 heterocycles. The highest BCUT2D eigenvalue weighted by atomic mass is 16.3. The third kappa shape index (κ3) is 2.58. The molecule has 1 aliphatic rings. The second-order valence-electron chi connectivity index (χ2n) is 1.61. The quantitative estimate of drug-likeness (QED) is 0.544. The van der Waals surface area contributed by atoms with Crippen LogP contribution in [0.1, 0.15) is 20.3 Å². The number of aliphatic hydroxyl groups is 2. The standard InChI is InChI=1S/C6H7O2.C2H6/c7-5-3-1-2-4-6(5)8;1-2/h1,3-4,7-8H,2H2;1-2H3. The van der Waals surface area contributed by atoms with Crippen molar-refractivity contribution < 1.29 is 10.2 Å². The van der Waals surface area contributed by atoms with E-state index in [4.69, 9.17) is 10.2 Å². The molecule has 10 heavy (non-hydrogen) atoms. The molecule has 1 radical (unpaired) electrons. The molecule has 2 heteroatoms. The van der Waals surface area contributed by atoms with E-state index in [1.807, 2.05) is 13.8 Å². The summed E-state index contributed by atoms with van der Waals surface area (Å²) in [5.41, 5.74) is 0. The first kappa shape index (κ1) is 9.08. The molecule has 0 saturated heterocycles. The average molecular weight is 141 g/mol. The van der Waals surface area contributed by atoms with Crippen LogP contribution >= 0.6 is 0 Å². The first-order valence-corrected chi connectivity index (χ1v) is 3.42. The molecule has 57 valence electrons. The van der Waals surface area contributed by atoms with Gasteiger partial charge in [0, 0.05) is 0 Å². The summed E-state index contributed by atoms with van der Waals surface area (Å²) in [4.78, 5) is 0. The highest BCUT2D eigenvalue weighted by Gasteiger charge is 2.02.